The first-order valence-corrected chi connectivity index (χ1v) is 18.3. The molecule has 8 aromatic carbocycles. The van der Waals surface area contributed by atoms with Gasteiger partial charge in [0.05, 0.1) is 17.1 Å². The Morgan fingerprint density at radius 2 is 0.833 bits per heavy atom. The van der Waals surface area contributed by atoms with Crippen LogP contribution in [0.1, 0.15) is 0 Å². The molecule has 0 amide bonds. The molecule has 0 aliphatic rings. The predicted octanol–water partition coefficient (Wildman–Crippen LogP) is 13.3. The highest BCUT2D eigenvalue weighted by molar-refractivity contribution is 6.14. The van der Waals surface area contributed by atoms with Gasteiger partial charge in [-0.15, -0.1) is 0 Å². The minimum absolute atomic E-state index is 0.681. The van der Waals surface area contributed by atoms with Crippen LogP contribution in [0.25, 0.3) is 99.7 Å². The number of rotatable bonds is 6. The second kappa shape index (κ2) is 13.4. The summed E-state index contributed by atoms with van der Waals surface area (Å²) in [5.74, 6) is 0.681. The number of nitrogens with zero attached hydrogens (tertiary/aromatic N) is 3. The van der Waals surface area contributed by atoms with Gasteiger partial charge in [0.1, 0.15) is 0 Å². The van der Waals surface area contributed by atoms with Crippen molar-refractivity contribution < 1.29 is 0 Å². The molecule has 0 fully saturated rings. The number of pyridine rings is 1. The van der Waals surface area contributed by atoms with Crippen LogP contribution in [0.5, 0.6) is 0 Å². The second-order valence-electron chi connectivity index (χ2n) is 13.6. The molecular weight excluding hydrogens is 655 g/mol. The molecule has 2 heterocycles. The van der Waals surface area contributed by atoms with Crippen LogP contribution < -0.4 is 0 Å². The molecule has 3 nitrogen and oxygen atoms in total. The molecular formula is C51H33N3. The van der Waals surface area contributed by atoms with Crippen LogP contribution in [-0.2, 0) is 0 Å². The smallest absolute Gasteiger partial charge is 0.160 e. The fraction of sp³-hybridized carbons (Fsp3) is 0. The van der Waals surface area contributed by atoms with Crippen molar-refractivity contribution in [2.24, 2.45) is 0 Å². The highest BCUT2D eigenvalue weighted by Gasteiger charge is 2.16. The van der Waals surface area contributed by atoms with E-state index in [4.69, 9.17) is 15.0 Å². The molecule has 0 saturated heterocycles. The number of aromatic nitrogens is 3. The molecule has 0 aliphatic heterocycles. The summed E-state index contributed by atoms with van der Waals surface area (Å²) in [6.45, 7) is 0. The summed E-state index contributed by atoms with van der Waals surface area (Å²) in [6, 6.07) is 68.6. The maximum Gasteiger partial charge on any atom is 0.160 e. The molecule has 0 spiro atoms. The third kappa shape index (κ3) is 5.78. The third-order valence-corrected chi connectivity index (χ3v) is 10.3. The Hall–Kier alpha value is -7.23. The van der Waals surface area contributed by atoms with Crippen molar-refractivity contribution in [2.45, 2.75) is 0 Å². The minimum Gasteiger partial charge on any atom is -0.256 e. The lowest BCUT2D eigenvalue weighted by Gasteiger charge is -2.15. The number of benzene rings is 8. The van der Waals surface area contributed by atoms with Gasteiger partial charge < -0.3 is 0 Å². The first kappa shape index (κ1) is 31.5. The predicted molar refractivity (Wildman–Crippen MR) is 225 cm³/mol. The van der Waals surface area contributed by atoms with E-state index < -0.39 is 0 Å². The van der Waals surface area contributed by atoms with Crippen molar-refractivity contribution >= 4 is 32.3 Å². The van der Waals surface area contributed by atoms with Crippen LogP contribution in [0.3, 0.4) is 0 Å². The van der Waals surface area contributed by atoms with E-state index in [1.54, 1.807) is 0 Å². The first-order valence-electron chi connectivity index (χ1n) is 18.3. The largest absolute Gasteiger partial charge is 0.256 e. The Morgan fingerprint density at radius 1 is 0.296 bits per heavy atom. The normalized spacial score (nSPS) is 11.3. The molecule has 0 aliphatic carbocycles. The van der Waals surface area contributed by atoms with Crippen LogP contribution in [0.2, 0.25) is 0 Å². The highest BCUT2D eigenvalue weighted by Crippen LogP contribution is 2.40. The lowest BCUT2D eigenvalue weighted by Crippen LogP contribution is -1.97. The van der Waals surface area contributed by atoms with Crippen LogP contribution in [-0.4, -0.2) is 15.0 Å². The summed E-state index contributed by atoms with van der Waals surface area (Å²) in [5, 5.41) is 7.22. The highest BCUT2D eigenvalue weighted by atomic mass is 14.9. The third-order valence-electron chi connectivity index (χ3n) is 10.3. The molecule has 0 saturated carbocycles. The van der Waals surface area contributed by atoms with Crippen LogP contribution in [0, 0.1) is 0 Å². The molecule has 0 bridgehead atoms. The summed E-state index contributed by atoms with van der Waals surface area (Å²) in [6.07, 6.45) is 1.89. The molecule has 3 heteroatoms. The van der Waals surface area contributed by atoms with E-state index in [-0.39, 0.29) is 0 Å². The van der Waals surface area contributed by atoms with E-state index >= 15 is 0 Å². The maximum absolute atomic E-state index is 5.24. The van der Waals surface area contributed by atoms with Crippen molar-refractivity contribution in [3.63, 3.8) is 0 Å². The zero-order valence-electron chi connectivity index (χ0n) is 29.4. The average molecular weight is 688 g/mol. The van der Waals surface area contributed by atoms with Gasteiger partial charge in [-0.2, -0.15) is 0 Å². The van der Waals surface area contributed by atoms with Gasteiger partial charge >= 0.3 is 0 Å². The molecule has 252 valence electrons. The Balaban J connectivity index is 1.20. The van der Waals surface area contributed by atoms with Gasteiger partial charge in [-0.05, 0) is 85.6 Å². The molecule has 0 N–H and O–H groups in total. The summed E-state index contributed by atoms with van der Waals surface area (Å²) >= 11 is 0. The van der Waals surface area contributed by atoms with Crippen molar-refractivity contribution in [3.8, 4) is 67.4 Å². The number of hydrogen-bond acceptors (Lipinski definition) is 3. The van der Waals surface area contributed by atoms with Crippen molar-refractivity contribution in [1.82, 2.24) is 15.0 Å². The van der Waals surface area contributed by atoms with Gasteiger partial charge in [-0.3, -0.25) is 4.98 Å². The molecule has 0 radical (unpaired) electrons. The van der Waals surface area contributed by atoms with Gasteiger partial charge in [0, 0.05) is 33.8 Å². The first-order chi connectivity index (χ1) is 26.7. The van der Waals surface area contributed by atoms with E-state index in [1.807, 2.05) is 18.3 Å². The minimum atomic E-state index is 0.681. The molecule has 2 aromatic heterocycles. The Morgan fingerprint density at radius 3 is 1.54 bits per heavy atom. The van der Waals surface area contributed by atoms with Gasteiger partial charge in [-0.1, -0.05) is 158 Å². The molecule has 0 atom stereocenters. The van der Waals surface area contributed by atoms with Crippen LogP contribution >= 0.6 is 0 Å². The van der Waals surface area contributed by atoms with Crippen molar-refractivity contribution in [3.05, 3.63) is 200 Å². The van der Waals surface area contributed by atoms with Crippen LogP contribution in [0.15, 0.2) is 200 Å². The van der Waals surface area contributed by atoms with Crippen LogP contribution in [0.4, 0.5) is 0 Å². The standard InChI is InChI=1S/C51H33N3/c1-3-14-36(15-4-1)48-33-49(37-16-5-2-6-17-37)54-51(53-48)42-30-40(34-23-25-38(26-24-34)50-44-20-10-7-13-35(44)27-28-52-50)29-41(31-42)47-32-39-18-8-9-19-43(39)45-21-11-12-22-46(45)47/h1-33H. The van der Waals surface area contributed by atoms with E-state index in [0.29, 0.717) is 5.82 Å². The van der Waals surface area contributed by atoms with Gasteiger partial charge in [0.2, 0.25) is 0 Å². The quantitative estimate of drug-likeness (QED) is 0.163. The Kier molecular flexibility index (Phi) is 7.81. The molecule has 10 rings (SSSR count). The summed E-state index contributed by atoms with van der Waals surface area (Å²) in [7, 11) is 0. The summed E-state index contributed by atoms with van der Waals surface area (Å²) in [5.41, 5.74) is 11.4. The Labute approximate surface area is 313 Å². The molecule has 54 heavy (non-hydrogen) atoms. The van der Waals surface area contributed by atoms with Crippen molar-refractivity contribution in [1.29, 1.82) is 0 Å². The molecule has 10 aromatic rings. The van der Waals surface area contributed by atoms with E-state index in [9.17, 15) is 0 Å². The fourth-order valence-electron chi connectivity index (χ4n) is 7.63. The van der Waals surface area contributed by atoms with E-state index in [2.05, 4.69) is 182 Å². The maximum atomic E-state index is 5.24. The van der Waals surface area contributed by atoms with Crippen molar-refractivity contribution in [2.75, 3.05) is 0 Å². The van der Waals surface area contributed by atoms with Gasteiger partial charge in [0.15, 0.2) is 5.82 Å². The van der Waals surface area contributed by atoms with Gasteiger partial charge in [-0.25, -0.2) is 9.97 Å². The Bertz CT molecular complexity index is 2910. The summed E-state index contributed by atoms with van der Waals surface area (Å²) < 4.78 is 0. The van der Waals surface area contributed by atoms with E-state index in [1.165, 1.54) is 32.5 Å². The zero-order valence-corrected chi connectivity index (χ0v) is 29.4. The second-order valence-corrected chi connectivity index (χ2v) is 13.6. The number of fused-ring (bicyclic) bond motifs is 4. The number of hydrogen-bond donors (Lipinski definition) is 0. The fourth-order valence-corrected chi connectivity index (χ4v) is 7.63. The monoisotopic (exact) mass is 687 g/mol. The topological polar surface area (TPSA) is 38.7 Å². The lowest BCUT2D eigenvalue weighted by molar-refractivity contribution is 1.18. The van der Waals surface area contributed by atoms with E-state index in [0.717, 1.165) is 61.4 Å². The average Bonchev–Trinajstić information content (AvgIpc) is 3.26. The zero-order chi connectivity index (χ0) is 35.8. The lowest BCUT2D eigenvalue weighted by atomic mass is 9.90. The van der Waals surface area contributed by atoms with Gasteiger partial charge in [0.25, 0.3) is 0 Å². The SMILES string of the molecule is c1ccc(-c2cc(-c3ccccc3)nc(-c3cc(-c4ccc(-c5nccc6ccccc56)cc4)cc(-c4cc5ccccc5c5ccccc45)c3)n2)cc1. The molecule has 0 unspecified atom stereocenters. The summed E-state index contributed by atoms with van der Waals surface area (Å²) in [4.78, 5) is 15.3.